The number of esters is 1. The Morgan fingerprint density at radius 3 is 2.23 bits per heavy atom. The van der Waals surface area contributed by atoms with Gasteiger partial charge in [0.1, 0.15) is 17.1 Å². The molecule has 0 saturated carbocycles. The van der Waals surface area contributed by atoms with E-state index in [2.05, 4.69) is 5.32 Å². The average Bonchev–Trinajstić information content (AvgIpc) is 2.82. The number of hydrogen-bond donors (Lipinski definition) is 1. The van der Waals surface area contributed by atoms with Crippen LogP contribution in [-0.2, 0) is 9.53 Å². The van der Waals surface area contributed by atoms with Crippen molar-refractivity contribution < 1.29 is 28.6 Å². The fourth-order valence-corrected chi connectivity index (χ4v) is 2.90. The number of carbonyl (C=O) groups is 3. The van der Waals surface area contributed by atoms with E-state index in [-0.39, 0.29) is 17.1 Å². The Balaban J connectivity index is 1.67. The van der Waals surface area contributed by atoms with Crippen molar-refractivity contribution in [2.45, 2.75) is 0 Å². The summed E-state index contributed by atoms with van der Waals surface area (Å²) in [5.74, 6) is -0.733. The van der Waals surface area contributed by atoms with Crippen molar-refractivity contribution >= 4 is 23.3 Å². The molecular formula is C24H21NO6. The van der Waals surface area contributed by atoms with Gasteiger partial charge in [0, 0.05) is 17.2 Å². The van der Waals surface area contributed by atoms with Crippen LogP contribution in [0.2, 0.25) is 0 Å². The maximum Gasteiger partial charge on any atom is 0.342 e. The van der Waals surface area contributed by atoms with Crippen LogP contribution in [0.15, 0.2) is 72.8 Å². The number of benzene rings is 3. The standard InChI is InChI=1S/C24H21NO6/c1-29-17-12-13-19(21(14-17)30-2)24(28)31-15-22(26)25-20-11-7-6-10-18(20)23(27)16-8-4-3-5-9-16/h3-14H,15H2,1-2H3,(H,25,26). The molecule has 0 atom stereocenters. The lowest BCUT2D eigenvalue weighted by molar-refractivity contribution is -0.119. The van der Waals surface area contributed by atoms with Gasteiger partial charge in [-0.15, -0.1) is 0 Å². The Hall–Kier alpha value is -4.13. The Morgan fingerprint density at radius 1 is 0.806 bits per heavy atom. The number of ether oxygens (including phenoxy) is 3. The van der Waals surface area contributed by atoms with E-state index in [9.17, 15) is 14.4 Å². The third-order valence-corrected chi connectivity index (χ3v) is 4.44. The van der Waals surface area contributed by atoms with Crippen LogP contribution < -0.4 is 14.8 Å². The number of rotatable bonds is 8. The number of nitrogens with one attached hydrogen (secondary N) is 1. The summed E-state index contributed by atoms with van der Waals surface area (Å²) in [6.07, 6.45) is 0. The summed E-state index contributed by atoms with van der Waals surface area (Å²) in [7, 11) is 2.91. The van der Waals surface area contributed by atoms with Gasteiger partial charge in [0.15, 0.2) is 12.4 Å². The topological polar surface area (TPSA) is 90.9 Å². The minimum Gasteiger partial charge on any atom is -0.497 e. The smallest absolute Gasteiger partial charge is 0.342 e. The summed E-state index contributed by atoms with van der Waals surface area (Å²) in [5, 5.41) is 2.63. The number of amides is 1. The Kier molecular flexibility index (Phi) is 7.01. The second kappa shape index (κ2) is 10.1. The number of hydrogen-bond acceptors (Lipinski definition) is 6. The molecule has 31 heavy (non-hydrogen) atoms. The van der Waals surface area contributed by atoms with E-state index in [1.165, 1.54) is 20.3 Å². The van der Waals surface area contributed by atoms with Crippen LogP contribution >= 0.6 is 0 Å². The van der Waals surface area contributed by atoms with Gasteiger partial charge in [0.25, 0.3) is 5.91 Å². The summed E-state index contributed by atoms with van der Waals surface area (Å²) in [6.45, 7) is -0.526. The van der Waals surface area contributed by atoms with E-state index in [4.69, 9.17) is 14.2 Å². The highest BCUT2D eigenvalue weighted by Crippen LogP contribution is 2.25. The summed E-state index contributed by atoms with van der Waals surface area (Å²) >= 11 is 0. The highest BCUT2D eigenvalue weighted by Gasteiger charge is 2.18. The van der Waals surface area contributed by atoms with Gasteiger partial charge in [-0.25, -0.2) is 4.79 Å². The molecule has 0 radical (unpaired) electrons. The number of carbonyl (C=O) groups excluding carboxylic acids is 3. The molecule has 0 aliphatic rings. The molecule has 0 aliphatic heterocycles. The van der Waals surface area contributed by atoms with E-state index in [0.29, 0.717) is 22.6 Å². The molecule has 0 saturated heterocycles. The number of methoxy groups -OCH3 is 2. The quantitative estimate of drug-likeness (QED) is 0.442. The lowest BCUT2D eigenvalue weighted by Crippen LogP contribution is -2.22. The Bertz CT molecular complexity index is 1090. The number of para-hydroxylation sites is 1. The van der Waals surface area contributed by atoms with Crippen LogP contribution in [0.25, 0.3) is 0 Å². The first-order chi connectivity index (χ1) is 15.0. The van der Waals surface area contributed by atoms with Gasteiger partial charge in [-0.2, -0.15) is 0 Å². The highest BCUT2D eigenvalue weighted by atomic mass is 16.5. The fraction of sp³-hybridized carbons (Fsp3) is 0.125. The van der Waals surface area contributed by atoms with Crippen molar-refractivity contribution in [1.29, 1.82) is 0 Å². The minimum atomic E-state index is -0.719. The molecule has 1 amide bonds. The minimum absolute atomic E-state index is 0.163. The molecule has 3 rings (SSSR count). The summed E-state index contributed by atoms with van der Waals surface area (Å²) < 4.78 is 15.4. The molecule has 7 heteroatoms. The van der Waals surface area contributed by atoms with E-state index in [0.717, 1.165) is 0 Å². The predicted molar refractivity (Wildman–Crippen MR) is 115 cm³/mol. The molecule has 0 heterocycles. The number of anilines is 1. The van der Waals surface area contributed by atoms with Crippen molar-refractivity contribution in [3.63, 3.8) is 0 Å². The van der Waals surface area contributed by atoms with Crippen LogP contribution in [0.5, 0.6) is 11.5 Å². The van der Waals surface area contributed by atoms with Crippen molar-refractivity contribution in [1.82, 2.24) is 0 Å². The maximum atomic E-state index is 12.8. The molecule has 0 unspecified atom stereocenters. The van der Waals surface area contributed by atoms with Gasteiger partial charge in [0.05, 0.1) is 19.9 Å². The SMILES string of the molecule is COc1ccc(C(=O)OCC(=O)Nc2ccccc2C(=O)c2ccccc2)c(OC)c1. The van der Waals surface area contributed by atoms with Gasteiger partial charge < -0.3 is 19.5 Å². The van der Waals surface area contributed by atoms with Gasteiger partial charge in [-0.05, 0) is 24.3 Å². The lowest BCUT2D eigenvalue weighted by atomic mass is 10.0. The zero-order valence-corrected chi connectivity index (χ0v) is 17.1. The molecule has 1 N–H and O–H groups in total. The van der Waals surface area contributed by atoms with Crippen LogP contribution in [0.1, 0.15) is 26.3 Å². The maximum absolute atomic E-state index is 12.8. The first-order valence-corrected chi connectivity index (χ1v) is 9.41. The summed E-state index contributed by atoms with van der Waals surface area (Å²) in [4.78, 5) is 37.5. The molecule has 158 valence electrons. The van der Waals surface area contributed by atoms with Crippen molar-refractivity contribution in [3.05, 3.63) is 89.5 Å². The molecule has 7 nitrogen and oxygen atoms in total. The summed E-state index contributed by atoms with van der Waals surface area (Å²) in [5.41, 5.74) is 1.34. The molecule has 0 spiro atoms. The largest absolute Gasteiger partial charge is 0.497 e. The van der Waals surface area contributed by atoms with E-state index < -0.39 is 18.5 Å². The van der Waals surface area contributed by atoms with Gasteiger partial charge in [-0.3, -0.25) is 9.59 Å². The average molecular weight is 419 g/mol. The number of ketones is 1. The Labute approximate surface area is 179 Å². The van der Waals surface area contributed by atoms with Crippen LogP contribution in [0, 0.1) is 0 Å². The molecular weight excluding hydrogens is 398 g/mol. The second-order valence-corrected chi connectivity index (χ2v) is 6.43. The first kappa shape index (κ1) is 21.6. The molecule has 3 aromatic rings. The highest BCUT2D eigenvalue weighted by molar-refractivity contribution is 6.14. The van der Waals surface area contributed by atoms with E-state index >= 15 is 0 Å². The van der Waals surface area contributed by atoms with Gasteiger partial charge in [0.2, 0.25) is 0 Å². The van der Waals surface area contributed by atoms with Crippen molar-refractivity contribution in [2.75, 3.05) is 26.1 Å². The molecule has 0 bridgehead atoms. The monoisotopic (exact) mass is 419 g/mol. The van der Waals surface area contributed by atoms with Crippen molar-refractivity contribution in [2.24, 2.45) is 0 Å². The first-order valence-electron chi connectivity index (χ1n) is 9.41. The third kappa shape index (κ3) is 5.27. The van der Waals surface area contributed by atoms with E-state index in [1.807, 2.05) is 6.07 Å². The van der Waals surface area contributed by atoms with E-state index in [1.54, 1.807) is 60.7 Å². The Morgan fingerprint density at radius 2 is 1.52 bits per heavy atom. The third-order valence-electron chi connectivity index (χ3n) is 4.44. The molecule has 0 fully saturated rings. The lowest BCUT2D eigenvalue weighted by Gasteiger charge is -2.12. The molecule has 0 aromatic heterocycles. The van der Waals surface area contributed by atoms with Crippen LogP contribution in [-0.4, -0.2) is 38.5 Å². The fourth-order valence-electron chi connectivity index (χ4n) is 2.90. The second-order valence-electron chi connectivity index (χ2n) is 6.43. The van der Waals surface area contributed by atoms with Crippen LogP contribution in [0.4, 0.5) is 5.69 Å². The van der Waals surface area contributed by atoms with Crippen molar-refractivity contribution in [3.8, 4) is 11.5 Å². The zero-order valence-electron chi connectivity index (χ0n) is 17.1. The van der Waals surface area contributed by atoms with Gasteiger partial charge >= 0.3 is 5.97 Å². The van der Waals surface area contributed by atoms with Crippen LogP contribution in [0.3, 0.4) is 0 Å². The summed E-state index contributed by atoms with van der Waals surface area (Å²) in [6, 6.07) is 20.0. The zero-order chi connectivity index (χ0) is 22.2. The molecule has 0 aliphatic carbocycles. The normalized spacial score (nSPS) is 10.1. The molecule has 3 aromatic carbocycles. The van der Waals surface area contributed by atoms with Gasteiger partial charge in [-0.1, -0.05) is 42.5 Å². The predicted octanol–water partition coefficient (Wildman–Crippen LogP) is 3.73.